The Morgan fingerprint density at radius 2 is 1.57 bits per heavy atom. The zero-order valence-electron chi connectivity index (χ0n) is 21.1. The molecule has 37 heavy (non-hydrogen) atoms. The molecule has 4 rings (SSSR count). The minimum atomic E-state index is -0.508. The van der Waals surface area contributed by atoms with E-state index in [0.29, 0.717) is 29.2 Å². The number of benzene rings is 3. The number of hydrogen-bond acceptors (Lipinski definition) is 7. The van der Waals surface area contributed by atoms with E-state index in [1.165, 1.54) is 0 Å². The van der Waals surface area contributed by atoms with Crippen molar-refractivity contribution in [1.29, 1.82) is 0 Å². The van der Waals surface area contributed by atoms with Crippen LogP contribution in [0.3, 0.4) is 0 Å². The van der Waals surface area contributed by atoms with Crippen LogP contribution in [0.4, 0.5) is 0 Å². The maximum Gasteiger partial charge on any atom is 0.311 e. The van der Waals surface area contributed by atoms with Gasteiger partial charge in [-0.15, -0.1) is 0 Å². The van der Waals surface area contributed by atoms with Crippen LogP contribution in [0.2, 0.25) is 0 Å². The molecular formula is C30H29NO6. The third-order valence-corrected chi connectivity index (χ3v) is 6.04. The Balaban J connectivity index is 1.45. The molecule has 0 aliphatic heterocycles. The molecule has 0 bridgehead atoms. The molecule has 0 aliphatic rings. The summed E-state index contributed by atoms with van der Waals surface area (Å²) in [6.45, 7) is 5.71. The van der Waals surface area contributed by atoms with Crippen LogP contribution in [0, 0.1) is 6.92 Å². The fourth-order valence-electron chi connectivity index (χ4n) is 4.06. The Morgan fingerprint density at radius 3 is 2.22 bits per heavy atom. The van der Waals surface area contributed by atoms with Crippen molar-refractivity contribution in [3.8, 4) is 28.2 Å². The van der Waals surface area contributed by atoms with Crippen molar-refractivity contribution in [1.82, 2.24) is 5.16 Å². The van der Waals surface area contributed by atoms with E-state index >= 15 is 0 Å². The molecule has 7 nitrogen and oxygen atoms in total. The minimum absolute atomic E-state index is 0.0114. The fourth-order valence-corrected chi connectivity index (χ4v) is 4.06. The molecule has 4 aromatic rings. The fraction of sp³-hybridized carbons (Fsp3) is 0.233. The zero-order valence-corrected chi connectivity index (χ0v) is 21.1. The summed E-state index contributed by atoms with van der Waals surface area (Å²) in [5.74, 6) is -0.0113. The Kier molecular flexibility index (Phi) is 8.03. The number of ether oxygens (including phenoxy) is 2. The quantitative estimate of drug-likeness (QED) is 0.283. The molecule has 3 aromatic carbocycles. The number of carbonyl (C=O) groups excluding carboxylic acids is 2. The van der Waals surface area contributed by atoms with Gasteiger partial charge in [-0.2, -0.15) is 0 Å². The number of aromatic hydroxyl groups is 1. The van der Waals surface area contributed by atoms with Gasteiger partial charge in [0.25, 0.3) is 0 Å². The van der Waals surface area contributed by atoms with Crippen LogP contribution in [-0.2, 0) is 31.9 Å². The standard InChI is InChI=1S/C30H29NO6/c1-4-35-28(33)16-21-8-10-22(11-9-21)23-12-14-24(15-13-23)30-27(19(2)31-37-30)18-29(34)36-20(3)25-6-5-7-26(32)17-25/h5-15,17,20,32H,4,16,18H2,1-3H3/t20-/m1/s1. The largest absolute Gasteiger partial charge is 0.508 e. The molecule has 1 heterocycles. The third-order valence-electron chi connectivity index (χ3n) is 6.04. The molecule has 0 amide bonds. The summed E-state index contributed by atoms with van der Waals surface area (Å²) < 4.78 is 16.2. The Labute approximate surface area is 215 Å². The summed E-state index contributed by atoms with van der Waals surface area (Å²) >= 11 is 0. The van der Waals surface area contributed by atoms with Crippen molar-refractivity contribution >= 4 is 11.9 Å². The Hall–Kier alpha value is -4.39. The first-order valence-electron chi connectivity index (χ1n) is 12.1. The van der Waals surface area contributed by atoms with Gasteiger partial charge in [-0.05, 0) is 55.2 Å². The SMILES string of the molecule is CCOC(=O)Cc1ccc(-c2ccc(-c3onc(C)c3CC(=O)O[C@H](C)c3cccc(O)c3)cc2)cc1. The van der Waals surface area contributed by atoms with E-state index < -0.39 is 12.1 Å². The van der Waals surface area contributed by atoms with E-state index in [0.717, 1.165) is 22.3 Å². The molecule has 190 valence electrons. The van der Waals surface area contributed by atoms with E-state index in [4.69, 9.17) is 14.0 Å². The van der Waals surface area contributed by atoms with Gasteiger partial charge < -0.3 is 19.1 Å². The molecule has 0 spiro atoms. The van der Waals surface area contributed by atoms with Crippen LogP contribution < -0.4 is 0 Å². The maximum absolute atomic E-state index is 12.7. The Bertz CT molecular complexity index is 1370. The highest BCUT2D eigenvalue weighted by Gasteiger charge is 2.21. The smallest absolute Gasteiger partial charge is 0.311 e. The van der Waals surface area contributed by atoms with E-state index in [1.54, 1.807) is 45.0 Å². The lowest BCUT2D eigenvalue weighted by molar-refractivity contribution is -0.147. The molecule has 0 unspecified atom stereocenters. The summed E-state index contributed by atoms with van der Waals surface area (Å²) in [6.07, 6.45) is -0.251. The van der Waals surface area contributed by atoms with Crippen LogP contribution in [0.5, 0.6) is 5.75 Å². The highest BCUT2D eigenvalue weighted by atomic mass is 16.5. The summed E-state index contributed by atoms with van der Waals surface area (Å²) in [7, 11) is 0. The lowest BCUT2D eigenvalue weighted by Gasteiger charge is -2.14. The molecule has 7 heteroatoms. The molecule has 1 atom stereocenters. The van der Waals surface area contributed by atoms with E-state index in [-0.39, 0.29) is 24.6 Å². The number of aryl methyl sites for hydroxylation is 1. The molecule has 0 fully saturated rings. The normalized spacial score (nSPS) is 11.6. The predicted octanol–water partition coefficient (Wildman–Crippen LogP) is 5.98. The molecular weight excluding hydrogens is 470 g/mol. The van der Waals surface area contributed by atoms with E-state index in [2.05, 4.69) is 5.16 Å². The first-order valence-corrected chi connectivity index (χ1v) is 12.1. The second kappa shape index (κ2) is 11.6. The second-order valence-electron chi connectivity index (χ2n) is 8.74. The number of carbonyl (C=O) groups is 2. The number of phenolic OH excluding ortho intramolecular Hbond substituents is 1. The van der Waals surface area contributed by atoms with Gasteiger partial charge in [0.05, 0.1) is 25.1 Å². The van der Waals surface area contributed by atoms with Gasteiger partial charge in [-0.25, -0.2) is 0 Å². The van der Waals surface area contributed by atoms with Gasteiger partial charge in [0, 0.05) is 11.1 Å². The lowest BCUT2D eigenvalue weighted by atomic mass is 9.99. The van der Waals surface area contributed by atoms with Crippen LogP contribution >= 0.6 is 0 Å². The van der Waals surface area contributed by atoms with Gasteiger partial charge in [-0.3, -0.25) is 9.59 Å². The topological polar surface area (TPSA) is 98.9 Å². The van der Waals surface area contributed by atoms with Gasteiger partial charge in [-0.1, -0.05) is 65.8 Å². The molecule has 0 aliphatic carbocycles. The minimum Gasteiger partial charge on any atom is -0.508 e. The van der Waals surface area contributed by atoms with Crippen molar-refractivity contribution in [3.05, 3.63) is 95.2 Å². The summed E-state index contributed by atoms with van der Waals surface area (Å²) in [4.78, 5) is 24.4. The van der Waals surface area contributed by atoms with E-state index in [9.17, 15) is 14.7 Å². The number of esters is 2. The van der Waals surface area contributed by atoms with Crippen molar-refractivity contribution in [2.75, 3.05) is 6.61 Å². The van der Waals surface area contributed by atoms with Crippen LogP contribution in [0.25, 0.3) is 22.5 Å². The number of aromatic nitrogens is 1. The van der Waals surface area contributed by atoms with Gasteiger partial charge in [0.1, 0.15) is 11.9 Å². The van der Waals surface area contributed by atoms with Gasteiger partial charge >= 0.3 is 11.9 Å². The maximum atomic E-state index is 12.7. The summed E-state index contributed by atoms with van der Waals surface area (Å²) in [5.41, 5.74) is 5.71. The van der Waals surface area contributed by atoms with E-state index in [1.807, 2.05) is 48.5 Å². The summed E-state index contributed by atoms with van der Waals surface area (Å²) in [6, 6.07) is 22.2. The number of rotatable bonds is 9. The second-order valence-corrected chi connectivity index (χ2v) is 8.74. The van der Waals surface area contributed by atoms with Crippen LogP contribution in [-0.4, -0.2) is 28.8 Å². The molecule has 0 saturated heterocycles. The molecule has 1 N–H and O–H groups in total. The van der Waals surface area contributed by atoms with Crippen molar-refractivity contribution in [3.63, 3.8) is 0 Å². The van der Waals surface area contributed by atoms with Crippen molar-refractivity contribution < 1.29 is 28.7 Å². The third kappa shape index (κ3) is 6.44. The zero-order chi connectivity index (χ0) is 26.4. The first-order chi connectivity index (χ1) is 17.8. The predicted molar refractivity (Wildman–Crippen MR) is 139 cm³/mol. The van der Waals surface area contributed by atoms with Gasteiger partial charge in [0.2, 0.25) is 0 Å². The Morgan fingerprint density at radius 1 is 0.919 bits per heavy atom. The molecule has 1 aromatic heterocycles. The molecule has 0 saturated carbocycles. The molecule has 0 radical (unpaired) electrons. The highest BCUT2D eigenvalue weighted by molar-refractivity contribution is 5.78. The number of hydrogen-bond donors (Lipinski definition) is 1. The van der Waals surface area contributed by atoms with Gasteiger partial charge in [0.15, 0.2) is 5.76 Å². The lowest BCUT2D eigenvalue weighted by Crippen LogP contribution is -2.12. The average Bonchev–Trinajstić information content (AvgIpc) is 3.24. The monoisotopic (exact) mass is 499 g/mol. The van der Waals surface area contributed by atoms with Crippen molar-refractivity contribution in [2.45, 2.75) is 39.7 Å². The summed E-state index contributed by atoms with van der Waals surface area (Å²) in [5, 5.41) is 13.7. The average molecular weight is 500 g/mol. The van der Waals surface area contributed by atoms with Crippen LogP contribution in [0.1, 0.15) is 42.3 Å². The van der Waals surface area contributed by atoms with Crippen LogP contribution in [0.15, 0.2) is 77.3 Å². The number of nitrogens with zero attached hydrogens (tertiary/aromatic N) is 1. The highest BCUT2D eigenvalue weighted by Crippen LogP contribution is 2.30. The first kappa shape index (κ1) is 25.7. The van der Waals surface area contributed by atoms with Crippen molar-refractivity contribution in [2.24, 2.45) is 0 Å². The number of phenols is 1.